The smallest absolute Gasteiger partial charge is 0.351 e. The minimum absolute atomic E-state index is 0.0437. The van der Waals surface area contributed by atoms with Gasteiger partial charge in [0.2, 0.25) is 5.91 Å². The van der Waals surface area contributed by atoms with E-state index in [9.17, 15) is 9.59 Å². The molecule has 0 aromatic rings. The summed E-state index contributed by atoms with van der Waals surface area (Å²) in [6, 6.07) is 1.79. The number of rotatable bonds is 4. The fourth-order valence-electron chi connectivity index (χ4n) is 1.31. The molecule has 1 amide bonds. The van der Waals surface area contributed by atoms with E-state index in [4.69, 9.17) is 10.00 Å². The molecular weight excluding hydrogens is 240 g/mol. The molecule has 1 heterocycles. The van der Waals surface area contributed by atoms with Gasteiger partial charge in [-0.2, -0.15) is 5.26 Å². The number of nitriles is 1. The number of hydrogen-bond acceptors (Lipinski definition) is 5. The Bertz CT molecular complexity index is 423. The van der Waals surface area contributed by atoms with E-state index < -0.39 is 5.97 Å². The summed E-state index contributed by atoms with van der Waals surface area (Å²) < 4.78 is 4.80. The second-order valence-electron chi connectivity index (χ2n) is 3.11. The lowest BCUT2D eigenvalue weighted by molar-refractivity contribution is -0.137. The highest BCUT2D eigenvalue weighted by Crippen LogP contribution is 2.31. The summed E-state index contributed by atoms with van der Waals surface area (Å²) >= 11 is 1.18. The monoisotopic (exact) mass is 252 g/mol. The first-order valence-corrected chi connectivity index (χ1v) is 5.99. The first-order valence-electron chi connectivity index (χ1n) is 5.01. The van der Waals surface area contributed by atoms with Crippen LogP contribution in [-0.2, 0) is 14.3 Å². The zero-order valence-electron chi connectivity index (χ0n) is 9.43. The lowest BCUT2D eigenvalue weighted by Crippen LogP contribution is -2.26. The number of thioether (sulfide) groups is 1. The Morgan fingerprint density at radius 2 is 2.47 bits per heavy atom. The predicted molar refractivity (Wildman–Crippen MR) is 63.6 cm³/mol. The van der Waals surface area contributed by atoms with Crippen molar-refractivity contribution in [3.63, 3.8) is 0 Å². The first-order chi connectivity index (χ1) is 8.15. The van der Waals surface area contributed by atoms with Gasteiger partial charge in [-0.3, -0.25) is 4.79 Å². The predicted octanol–water partition coefficient (Wildman–Crippen LogP) is 1.05. The van der Waals surface area contributed by atoms with Crippen LogP contribution in [0.25, 0.3) is 0 Å². The quantitative estimate of drug-likeness (QED) is 0.323. The van der Waals surface area contributed by atoms with E-state index in [2.05, 4.69) is 6.58 Å². The number of hydrogen-bond donors (Lipinski definition) is 0. The Morgan fingerprint density at radius 3 is 3.00 bits per heavy atom. The zero-order chi connectivity index (χ0) is 12.8. The van der Waals surface area contributed by atoms with E-state index >= 15 is 0 Å². The molecule has 1 rings (SSSR count). The SMILES string of the molecule is C=CCOC(=O)/C(C#N)=C1\SCC(=O)N1CC. The van der Waals surface area contributed by atoms with E-state index in [1.54, 1.807) is 13.0 Å². The molecule has 1 saturated heterocycles. The van der Waals surface area contributed by atoms with Crippen LogP contribution < -0.4 is 0 Å². The van der Waals surface area contributed by atoms with E-state index in [1.807, 2.05) is 0 Å². The van der Waals surface area contributed by atoms with Gasteiger partial charge in [-0.25, -0.2) is 4.79 Å². The van der Waals surface area contributed by atoms with Gasteiger partial charge >= 0.3 is 5.97 Å². The maximum atomic E-state index is 11.6. The van der Waals surface area contributed by atoms with Crippen LogP contribution >= 0.6 is 11.8 Å². The van der Waals surface area contributed by atoms with Crippen molar-refractivity contribution in [1.29, 1.82) is 5.26 Å². The molecule has 0 aromatic heterocycles. The van der Waals surface area contributed by atoms with Gasteiger partial charge in [0, 0.05) is 6.54 Å². The molecule has 1 aliphatic rings. The molecule has 0 aliphatic carbocycles. The minimum atomic E-state index is -0.719. The molecule has 0 spiro atoms. The Labute approximate surface area is 104 Å². The highest BCUT2D eigenvalue weighted by atomic mass is 32.2. The Kier molecular flexibility index (Phi) is 4.79. The standard InChI is InChI=1S/C11H12N2O3S/c1-3-5-16-11(15)8(6-12)10-13(4-2)9(14)7-17-10/h3H,1,4-5,7H2,2H3/b10-8-. The molecule has 0 atom stereocenters. The van der Waals surface area contributed by atoms with Gasteiger partial charge in [-0.1, -0.05) is 24.4 Å². The second-order valence-corrected chi connectivity index (χ2v) is 4.07. The van der Waals surface area contributed by atoms with Crippen LogP contribution in [0, 0.1) is 11.3 Å². The van der Waals surface area contributed by atoms with Gasteiger partial charge in [0.15, 0.2) is 5.57 Å². The molecule has 1 aliphatic heterocycles. The van der Waals surface area contributed by atoms with Gasteiger partial charge in [0.1, 0.15) is 17.7 Å². The van der Waals surface area contributed by atoms with Crippen LogP contribution in [0.3, 0.4) is 0 Å². The third-order valence-corrected chi connectivity index (χ3v) is 3.15. The van der Waals surface area contributed by atoms with Crippen molar-refractivity contribution in [1.82, 2.24) is 4.90 Å². The minimum Gasteiger partial charge on any atom is -0.457 e. The summed E-state index contributed by atoms with van der Waals surface area (Å²) in [6.07, 6.45) is 1.42. The number of carbonyl (C=O) groups is 2. The molecule has 0 radical (unpaired) electrons. The third-order valence-electron chi connectivity index (χ3n) is 2.06. The fraction of sp³-hybridized carbons (Fsp3) is 0.364. The maximum absolute atomic E-state index is 11.6. The molecule has 0 aromatic carbocycles. The zero-order valence-corrected chi connectivity index (χ0v) is 10.2. The average Bonchev–Trinajstić information content (AvgIpc) is 2.69. The Balaban J connectivity index is 2.99. The van der Waals surface area contributed by atoms with Crippen LogP contribution in [0.4, 0.5) is 0 Å². The topological polar surface area (TPSA) is 70.4 Å². The summed E-state index contributed by atoms with van der Waals surface area (Å²) in [7, 11) is 0. The van der Waals surface area contributed by atoms with E-state index in [-0.39, 0.29) is 23.8 Å². The summed E-state index contributed by atoms with van der Waals surface area (Å²) in [6.45, 7) is 5.67. The summed E-state index contributed by atoms with van der Waals surface area (Å²) in [4.78, 5) is 24.5. The van der Waals surface area contributed by atoms with Crippen LogP contribution in [0.1, 0.15) is 6.92 Å². The number of nitrogens with zero attached hydrogens (tertiary/aromatic N) is 2. The largest absolute Gasteiger partial charge is 0.457 e. The lowest BCUT2D eigenvalue weighted by Gasteiger charge is -2.14. The van der Waals surface area contributed by atoms with Gasteiger partial charge < -0.3 is 9.64 Å². The van der Waals surface area contributed by atoms with E-state index in [0.29, 0.717) is 11.6 Å². The van der Waals surface area contributed by atoms with E-state index in [0.717, 1.165) is 0 Å². The van der Waals surface area contributed by atoms with Crippen molar-refractivity contribution in [3.05, 3.63) is 23.3 Å². The number of carbonyl (C=O) groups excluding carboxylic acids is 2. The molecule has 6 heteroatoms. The Hall–Kier alpha value is -1.74. The van der Waals surface area contributed by atoms with Crippen LogP contribution in [0.15, 0.2) is 23.3 Å². The molecule has 0 unspecified atom stereocenters. The van der Waals surface area contributed by atoms with Crippen molar-refractivity contribution in [3.8, 4) is 6.07 Å². The number of amides is 1. The molecular formula is C11H12N2O3S. The van der Waals surface area contributed by atoms with Gasteiger partial charge in [-0.05, 0) is 6.92 Å². The van der Waals surface area contributed by atoms with Crippen molar-refractivity contribution in [2.75, 3.05) is 18.9 Å². The number of esters is 1. The Morgan fingerprint density at radius 1 is 1.76 bits per heavy atom. The van der Waals surface area contributed by atoms with Crippen LogP contribution in [0.2, 0.25) is 0 Å². The normalized spacial score (nSPS) is 17.6. The molecule has 0 bridgehead atoms. The lowest BCUT2D eigenvalue weighted by atomic mass is 10.3. The van der Waals surface area contributed by atoms with Crippen molar-refractivity contribution < 1.29 is 14.3 Å². The highest BCUT2D eigenvalue weighted by molar-refractivity contribution is 8.04. The summed E-state index contributed by atoms with van der Waals surface area (Å²) in [5.41, 5.74) is -0.121. The van der Waals surface area contributed by atoms with E-state index in [1.165, 1.54) is 22.7 Å². The molecule has 5 nitrogen and oxygen atoms in total. The maximum Gasteiger partial charge on any atom is 0.351 e. The molecule has 17 heavy (non-hydrogen) atoms. The number of ether oxygens (including phenoxy) is 1. The highest BCUT2D eigenvalue weighted by Gasteiger charge is 2.31. The van der Waals surface area contributed by atoms with Crippen LogP contribution in [0.5, 0.6) is 0 Å². The molecule has 0 saturated carbocycles. The molecule has 0 N–H and O–H groups in total. The summed E-state index contributed by atoms with van der Waals surface area (Å²) in [5.74, 6) is -0.567. The van der Waals surface area contributed by atoms with Crippen molar-refractivity contribution >= 4 is 23.6 Å². The van der Waals surface area contributed by atoms with Gasteiger partial charge in [0.25, 0.3) is 0 Å². The summed E-state index contributed by atoms with van der Waals surface area (Å²) in [5, 5.41) is 9.35. The van der Waals surface area contributed by atoms with Gasteiger partial charge in [-0.15, -0.1) is 0 Å². The van der Waals surface area contributed by atoms with Gasteiger partial charge in [0.05, 0.1) is 5.75 Å². The molecule has 90 valence electrons. The fourth-order valence-corrected chi connectivity index (χ4v) is 2.39. The third kappa shape index (κ3) is 2.88. The average molecular weight is 252 g/mol. The second kappa shape index (κ2) is 6.11. The first kappa shape index (κ1) is 13.3. The molecule has 1 fully saturated rings. The van der Waals surface area contributed by atoms with Crippen molar-refractivity contribution in [2.45, 2.75) is 6.92 Å². The van der Waals surface area contributed by atoms with Crippen molar-refractivity contribution in [2.24, 2.45) is 0 Å². The van der Waals surface area contributed by atoms with Crippen LogP contribution in [-0.4, -0.2) is 35.7 Å².